The quantitative estimate of drug-likeness (QED) is 0.623. The molecule has 1 amide bonds. The second kappa shape index (κ2) is 7.31. The number of aliphatic hydroxyl groups is 1. The lowest BCUT2D eigenvalue weighted by atomic mass is 10.2. The largest absolute Gasteiger partial charge is 0.424 e. The van der Waals surface area contributed by atoms with Crippen molar-refractivity contribution >= 4 is 15.9 Å². The molecule has 9 nitrogen and oxygen atoms in total. The molecule has 0 radical (unpaired) electrons. The molecule has 0 bridgehead atoms. The van der Waals surface area contributed by atoms with E-state index in [1.807, 2.05) is 0 Å². The van der Waals surface area contributed by atoms with Crippen LogP contribution >= 0.6 is 0 Å². The molecule has 3 N–H and O–H groups in total. The van der Waals surface area contributed by atoms with Crippen molar-refractivity contribution in [2.75, 3.05) is 13.2 Å². The minimum Gasteiger partial charge on any atom is -0.424 e. The van der Waals surface area contributed by atoms with Gasteiger partial charge in [-0.05, 0) is 24.3 Å². The summed E-state index contributed by atoms with van der Waals surface area (Å²) in [5.74, 6) is 0.288. The first kappa shape index (κ1) is 17.1. The number of carbonyl (C=O) groups excluding carboxylic acids is 1. The highest BCUT2D eigenvalue weighted by molar-refractivity contribution is 7.89. The summed E-state index contributed by atoms with van der Waals surface area (Å²) >= 11 is 0. The van der Waals surface area contributed by atoms with E-state index in [2.05, 4.69) is 20.2 Å². The van der Waals surface area contributed by atoms with E-state index in [9.17, 15) is 13.2 Å². The summed E-state index contributed by atoms with van der Waals surface area (Å²) in [6.45, 7) is 1.35. The maximum atomic E-state index is 12.0. The van der Waals surface area contributed by atoms with Gasteiger partial charge in [-0.2, -0.15) is 0 Å². The lowest BCUT2D eigenvalue weighted by Gasteiger charge is -2.06. The molecule has 0 aliphatic carbocycles. The molecule has 0 spiro atoms. The second-order valence-corrected chi connectivity index (χ2v) is 6.31. The molecule has 0 aliphatic rings. The van der Waals surface area contributed by atoms with E-state index in [1.165, 1.54) is 24.3 Å². The van der Waals surface area contributed by atoms with Crippen molar-refractivity contribution in [2.24, 2.45) is 0 Å². The van der Waals surface area contributed by atoms with E-state index in [0.29, 0.717) is 11.5 Å². The standard InChI is InChI=1S/C13H16N4O5S/c1-9-16-17-12(22-9)8-14-13(19)10-2-4-11(5-3-10)23(20,21)15-6-7-18/h2-5,15,18H,6-8H2,1H3,(H,14,19). The third-order valence-electron chi connectivity index (χ3n) is 2.80. The number of aromatic nitrogens is 2. The predicted octanol–water partition coefficient (Wildman–Crippen LogP) is -0.421. The zero-order chi connectivity index (χ0) is 16.9. The molecule has 1 heterocycles. The Morgan fingerprint density at radius 1 is 1.26 bits per heavy atom. The summed E-state index contributed by atoms with van der Waals surface area (Å²) in [5, 5.41) is 18.6. The van der Waals surface area contributed by atoms with Gasteiger partial charge in [0.25, 0.3) is 5.91 Å². The molecule has 0 saturated heterocycles. The lowest BCUT2D eigenvalue weighted by Crippen LogP contribution is -2.27. The summed E-state index contributed by atoms with van der Waals surface area (Å²) in [6.07, 6.45) is 0. The summed E-state index contributed by atoms with van der Waals surface area (Å²) in [6, 6.07) is 5.40. The Labute approximate surface area is 132 Å². The SMILES string of the molecule is Cc1nnc(CNC(=O)c2ccc(S(=O)(=O)NCCO)cc2)o1. The molecule has 0 saturated carbocycles. The van der Waals surface area contributed by atoms with Gasteiger partial charge in [-0.3, -0.25) is 4.79 Å². The average molecular weight is 340 g/mol. The van der Waals surface area contributed by atoms with E-state index in [4.69, 9.17) is 9.52 Å². The molecule has 1 aromatic heterocycles. The van der Waals surface area contributed by atoms with Crippen LogP contribution in [0.3, 0.4) is 0 Å². The number of sulfonamides is 1. The van der Waals surface area contributed by atoms with Crippen molar-refractivity contribution in [1.82, 2.24) is 20.2 Å². The molecule has 2 aromatic rings. The molecule has 0 unspecified atom stereocenters. The van der Waals surface area contributed by atoms with Gasteiger partial charge >= 0.3 is 0 Å². The first-order valence-corrected chi connectivity index (χ1v) is 8.18. The smallest absolute Gasteiger partial charge is 0.251 e. The zero-order valence-corrected chi connectivity index (χ0v) is 13.1. The van der Waals surface area contributed by atoms with Gasteiger partial charge in [0.2, 0.25) is 21.8 Å². The van der Waals surface area contributed by atoms with Gasteiger partial charge in [0.15, 0.2) is 0 Å². The number of hydrogen-bond donors (Lipinski definition) is 3. The van der Waals surface area contributed by atoms with Gasteiger partial charge in [0.05, 0.1) is 18.0 Å². The summed E-state index contributed by atoms with van der Waals surface area (Å²) < 4.78 is 31.0. The Morgan fingerprint density at radius 2 is 1.96 bits per heavy atom. The monoisotopic (exact) mass is 340 g/mol. The van der Waals surface area contributed by atoms with Gasteiger partial charge in [0.1, 0.15) is 0 Å². The van der Waals surface area contributed by atoms with Crippen LogP contribution in [0.25, 0.3) is 0 Å². The second-order valence-electron chi connectivity index (χ2n) is 4.54. The van der Waals surface area contributed by atoms with Crippen molar-refractivity contribution in [3.63, 3.8) is 0 Å². The molecule has 10 heteroatoms. The number of aliphatic hydroxyl groups excluding tert-OH is 1. The molecule has 124 valence electrons. The predicted molar refractivity (Wildman–Crippen MR) is 78.9 cm³/mol. The first-order chi connectivity index (χ1) is 10.9. The van der Waals surface area contributed by atoms with Gasteiger partial charge in [-0.15, -0.1) is 10.2 Å². The van der Waals surface area contributed by atoms with E-state index >= 15 is 0 Å². The molecule has 0 atom stereocenters. The Morgan fingerprint density at radius 3 is 2.52 bits per heavy atom. The molecular formula is C13H16N4O5S. The van der Waals surface area contributed by atoms with Crippen molar-refractivity contribution in [3.8, 4) is 0 Å². The third kappa shape index (κ3) is 4.58. The lowest BCUT2D eigenvalue weighted by molar-refractivity contribution is 0.0947. The Balaban J connectivity index is 1.99. The van der Waals surface area contributed by atoms with Crippen molar-refractivity contribution in [3.05, 3.63) is 41.6 Å². The van der Waals surface area contributed by atoms with Crippen LogP contribution in [0, 0.1) is 6.92 Å². The normalized spacial score (nSPS) is 11.4. The number of benzene rings is 1. The third-order valence-corrected chi connectivity index (χ3v) is 4.28. The van der Waals surface area contributed by atoms with Crippen LogP contribution in [0.5, 0.6) is 0 Å². The van der Waals surface area contributed by atoms with Crippen molar-refractivity contribution < 1.29 is 22.7 Å². The summed E-state index contributed by atoms with van der Waals surface area (Å²) in [5.41, 5.74) is 0.294. The fourth-order valence-electron chi connectivity index (χ4n) is 1.72. The van der Waals surface area contributed by atoms with Gasteiger partial charge in [-0.25, -0.2) is 13.1 Å². The highest BCUT2D eigenvalue weighted by Gasteiger charge is 2.14. The van der Waals surface area contributed by atoms with Crippen LogP contribution < -0.4 is 10.0 Å². The molecule has 2 rings (SSSR count). The molecule has 1 aromatic carbocycles. The molecular weight excluding hydrogens is 324 g/mol. The maximum absolute atomic E-state index is 12.0. The van der Waals surface area contributed by atoms with Crippen molar-refractivity contribution in [2.45, 2.75) is 18.4 Å². The Hall–Kier alpha value is -2.30. The number of amides is 1. The van der Waals surface area contributed by atoms with E-state index in [-0.39, 0.29) is 30.5 Å². The number of nitrogens with one attached hydrogen (secondary N) is 2. The number of carbonyl (C=O) groups is 1. The van der Waals surface area contributed by atoms with Crippen LogP contribution in [0.4, 0.5) is 0 Å². The fraction of sp³-hybridized carbons (Fsp3) is 0.308. The minimum absolute atomic E-state index is 0.00928. The summed E-state index contributed by atoms with van der Waals surface area (Å²) in [7, 11) is -3.69. The number of nitrogens with zero attached hydrogens (tertiary/aromatic N) is 2. The van der Waals surface area contributed by atoms with Crippen LogP contribution in [0.2, 0.25) is 0 Å². The topological polar surface area (TPSA) is 134 Å². The average Bonchev–Trinajstić information content (AvgIpc) is 2.96. The van der Waals surface area contributed by atoms with E-state index in [1.54, 1.807) is 6.92 Å². The maximum Gasteiger partial charge on any atom is 0.251 e. The zero-order valence-electron chi connectivity index (χ0n) is 12.3. The van der Waals surface area contributed by atoms with Crippen LogP contribution in [-0.4, -0.2) is 42.8 Å². The van der Waals surface area contributed by atoms with Crippen molar-refractivity contribution in [1.29, 1.82) is 0 Å². The highest BCUT2D eigenvalue weighted by Crippen LogP contribution is 2.10. The number of hydrogen-bond acceptors (Lipinski definition) is 7. The molecule has 0 aliphatic heterocycles. The Bertz CT molecular complexity index is 770. The van der Waals surface area contributed by atoms with E-state index < -0.39 is 15.9 Å². The first-order valence-electron chi connectivity index (χ1n) is 6.70. The minimum atomic E-state index is -3.69. The Kier molecular flexibility index (Phi) is 5.42. The molecule has 0 fully saturated rings. The van der Waals surface area contributed by atoms with E-state index in [0.717, 1.165) is 0 Å². The summed E-state index contributed by atoms with van der Waals surface area (Å²) in [4.78, 5) is 12.0. The van der Waals surface area contributed by atoms with Crippen LogP contribution in [0.1, 0.15) is 22.1 Å². The van der Waals surface area contributed by atoms with Gasteiger partial charge < -0.3 is 14.8 Å². The van der Waals surface area contributed by atoms with Gasteiger partial charge in [0, 0.05) is 19.0 Å². The molecule has 23 heavy (non-hydrogen) atoms. The highest BCUT2D eigenvalue weighted by atomic mass is 32.2. The van der Waals surface area contributed by atoms with Crippen LogP contribution in [-0.2, 0) is 16.6 Å². The number of aryl methyl sites for hydroxylation is 1. The number of rotatable bonds is 7. The fourth-order valence-corrected chi connectivity index (χ4v) is 2.74. The van der Waals surface area contributed by atoms with Gasteiger partial charge in [-0.1, -0.05) is 0 Å². The van der Waals surface area contributed by atoms with Crippen LogP contribution in [0.15, 0.2) is 33.6 Å².